The van der Waals surface area contributed by atoms with Crippen molar-refractivity contribution < 1.29 is 9.72 Å². The fraction of sp³-hybridized carbons (Fsp3) is 0.423. The average Bonchev–Trinajstić information content (AvgIpc) is 3.28. The van der Waals surface area contributed by atoms with E-state index >= 15 is 0 Å². The molecule has 1 aromatic heterocycles. The van der Waals surface area contributed by atoms with Crippen molar-refractivity contribution in [3.8, 4) is 0 Å². The first-order chi connectivity index (χ1) is 16.0. The Balaban J connectivity index is 1.36. The van der Waals surface area contributed by atoms with Crippen LogP contribution in [0.2, 0.25) is 0 Å². The molecule has 0 aliphatic carbocycles. The molecule has 33 heavy (non-hydrogen) atoms. The predicted octanol–water partition coefficient (Wildman–Crippen LogP) is 5.33. The largest absolute Gasteiger partial charge is 0.371 e. The van der Waals surface area contributed by atoms with Crippen LogP contribution < -0.4 is 4.90 Å². The van der Waals surface area contributed by atoms with Crippen molar-refractivity contribution in [2.24, 2.45) is 5.92 Å². The average molecular weight is 447 g/mol. The zero-order chi connectivity index (χ0) is 22.9. The Morgan fingerprint density at radius 3 is 2.48 bits per heavy atom. The van der Waals surface area contributed by atoms with E-state index in [1.54, 1.807) is 6.07 Å². The van der Waals surface area contributed by atoms with Crippen molar-refractivity contribution >= 4 is 28.2 Å². The number of fused-ring (bicyclic) bond motifs is 1. The quantitative estimate of drug-likeness (QED) is 0.434. The van der Waals surface area contributed by atoms with E-state index in [2.05, 4.69) is 41.2 Å². The van der Waals surface area contributed by atoms with Gasteiger partial charge in [0, 0.05) is 55.4 Å². The molecule has 2 saturated heterocycles. The van der Waals surface area contributed by atoms with Gasteiger partial charge < -0.3 is 14.8 Å². The lowest BCUT2D eigenvalue weighted by atomic mass is 9.89. The second kappa shape index (κ2) is 8.89. The van der Waals surface area contributed by atoms with Gasteiger partial charge >= 0.3 is 0 Å². The van der Waals surface area contributed by atoms with Crippen molar-refractivity contribution in [1.82, 2.24) is 9.88 Å². The number of non-ortho nitro benzene ring substituents is 1. The minimum atomic E-state index is -0.415. The number of rotatable bonds is 4. The van der Waals surface area contributed by atoms with Gasteiger partial charge in [0.1, 0.15) is 0 Å². The molecule has 1 N–H and O–H groups in total. The SMILES string of the molecule is CC1CCN(c2ccc([N+](=O)[O-])cc2C(=O)N2CCC(c3c[nH]c4ccccc34)CC2)CC1. The molecule has 0 radical (unpaired) electrons. The summed E-state index contributed by atoms with van der Waals surface area (Å²) in [5.41, 5.74) is 3.72. The zero-order valence-corrected chi connectivity index (χ0v) is 19.0. The summed E-state index contributed by atoms with van der Waals surface area (Å²) >= 11 is 0. The number of nitrogens with zero attached hydrogens (tertiary/aromatic N) is 3. The van der Waals surface area contributed by atoms with E-state index in [1.807, 2.05) is 11.0 Å². The van der Waals surface area contributed by atoms with Crippen LogP contribution in [0.1, 0.15) is 54.4 Å². The number of hydrogen-bond donors (Lipinski definition) is 1. The highest BCUT2D eigenvalue weighted by molar-refractivity contribution is 6.00. The lowest BCUT2D eigenvalue weighted by Crippen LogP contribution is -2.40. The second-order valence-corrected chi connectivity index (χ2v) is 9.48. The smallest absolute Gasteiger partial charge is 0.270 e. The molecule has 7 nitrogen and oxygen atoms in total. The summed E-state index contributed by atoms with van der Waals surface area (Å²) in [6, 6.07) is 13.1. The Kier molecular flexibility index (Phi) is 5.79. The molecule has 0 unspecified atom stereocenters. The molecule has 3 aromatic rings. The normalized spacial score (nSPS) is 18.1. The summed E-state index contributed by atoms with van der Waals surface area (Å²) < 4.78 is 0. The molecule has 0 saturated carbocycles. The van der Waals surface area contributed by atoms with Gasteiger partial charge in [-0.25, -0.2) is 0 Å². The van der Waals surface area contributed by atoms with Gasteiger partial charge in [0.05, 0.1) is 16.2 Å². The second-order valence-electron chi connectivity index (χ2n) is 9.48. The number of nitrogens with one attached hydrogen (secondary N) is 1. The number of amides is 1. The molecule has 5 rings (SSSR count). The highest BCUT2D eigenvalue weighted by Gasteiger charge is 2.30. The van der Waals surface area contributed by atoms with E-state index in [0.717, 1.165) is 50.0 Å². The molecule has 0 bridgehead atoms. The van der Waals surface area contributed by atoms with Gasteiger partial charge in [0.15, 0.2) is 0 Å². The van der Waals surface area contributed by atoms with Gasteiger partial charge in [-0.05, 0) is 55.2 Å². The fourth-order valence-corrected chi connectivity index (χ4v) is 5.33. The number of nitro benzene ring substituents is 1. The maximum atomic E-state index is 13.6. The fourth-order valence-electron chi connectivity index (χ4n) is 5.33. The van der Waals surface area contributed by atoms with Crippen LogP contribution in [-0.2, 0) is 0 Å². The Morgan fingerprint density at radius 2 is 1.76 bits per heavy atom. The molecule has 2 aliphatic heterocycles. The van der Waals surface area contributed by atoms with Crippen molar-refractivity contribution in [3.63, 3.8) is 0 Å². The molecule has 1 amide bonds. The van der Waals surface area contributed by atoms with Crippen LogP contribution in [0, 0.1) is 16.0 Å². The molecule has 7 heteroatoms. The first-order valence-electron chi connectivity index (χ1n) is 11.9. The molecule has 2 aromatic carbocycles. The van der Waals surface area contributed by atoms with Crippen LogP contribution in [0.25, 0.3) is 10.9 Å². The maximum Gasteiger partial charge on any atom is 0.270 e. The number of nitro groups is 1. The summed E-state index contributed by atoms with van der Waals surface area (Å²) in [5.74, 6) is 0.977. The predicted molar refractivity (Wildman–Crippen MR) is 130 cm³/mol. The van der Waals surface area contributed by atoms with Gasteiger partial charge in [0.2, 0.25) is 0 Å². The first-order valence-corrected chi connectivity index (χ1v) is 11.9. The van der Waals surface area contributed by atoms with Crippen LogP contribution in [0.5, 0.6) is 0 Å². The van der Waals surface area contributed by atoms with E-state index < -0.39 is 4.92 Å². The third-order valence-electron chi connectivity index (χ3n) is 7.39. The summed E-state index contributed by atoms with van der Waals surface area (Å²) in [6.07, 6.45) is 6.02. The van der Waals surface area contributed by atoms with Gasteiger partial charge in [-0.3, -0.25) is 14.9 Å². The molecular formula is C26H30N4O3. The number of benzene rings is 2. The van der Waals surface area contributed by atoms with E-state index in [9.17, 15) is 14.9 Å². The van der Waals surface area contributed by atoms with Crippen LogP contribution in [0.4, 0.5) is 11.4 Å². The number of aromatic nitrogens is 1. The number of hydrogen-bond acceptors (Lipinski definition) is 4. The zero-order valence-electron chi connectivity index (χ0n) is 19.0. The van der Waals surface area contributed by atoms with Gasteiger partial charge in [0.25, 0.3) is 11.6 Å². The number of likely N-dealkylation sites (tertiary alicyclic amines) is 1. The van der Waals surface area contributed by atoms with E-state index in [4.69, 9.17) is 0 Å². The van der Waals surface area contributed by atoms with Crippen molar-refractivity contribution in [2.75, 3.05) is 31.1 Å². The van der Waals surface area contributed by atoms with E-state index in [-0.39, 0.29) is 11.6 Å². The van der Waals surface area contributed by atoms with Gasteiger partial charge in [-0.1, -0.05) is 25.1 Å². The number of carbonyl (C=O) groups is 1. The third-order valence-corrected chi connectivity index (χ3v) is 7.39. The number of aromatic amines is 1. The summed E-state index contributed by atoms with van der Waals surface area (Å²) in [6.45, 7) is 5.31. The maximum absolute atomic E-state index is 13.6. The molecule has 2 fully saturated rings. The monoisotopic (exact) mass is 446 g/mol. The highest BCUT2D eigenvalue weighted by atomic mass is 16.6. The Hall–Kier alpha value is -3.35. The minimum absolute atomic E-state index is 0.0267. The summed E-state index contributed by atoms with van der Waals surface area (Å²) in [5, 5.41) is 12.7. The molecule has 2 aliphatic rings. The molecule has 3 heterocycles. The van der Waals surface area contributed by atoms with Gasteiger partial charge in [-0.2, -0.15) is 0 Å². The summed E-state index contributed by atoms with van der Waals surface area (Å²) in [4.78, 5) is 32.0. The molecular weight excluding hydrogens is 416 g/mol. The Labute approximate surface area is 193 Å². The highest BCUT2D eigenvalue weighted by Crippen LogP contribution is 2.35. The van der Waals surface area contributed by atoms with E-state index in [0.29, 0.717) is 30.5 Å². The molecule has 0 spiro atoms. The van der Waals surface area contributed by atoms with Crippen molar-refractivity contribution in [3.05, 3.63) is 69.9 Å². The number of para-hydroxylation sites is 1. The Bertz CT molecular complexity index is 1170. The number of piperidine rings is 2. The number of carbonyl (C=O) groups excluding carboxylic acids is 1. The lowest BCUT2D eigenvalue weighted by Gasteiger charge is -2.35. The molecule has 172 valence electrons. The lowest BCUT2D eigenvalue weighted by molar-refractivity contribution is -0.384. The molecule has 0 atom stereocenters. The summed E-state index contributed by atoms with van der Waals surface area (Å²) in [7, 11) is 0. The van der Waals surface area contributed by atoms with Crippen molar-refractivity contribution in [2.45, 2.75) is 38.5 Å². The van der Waals surface area contributed by atoms with E-state index in [1.165, 1.54) is 23.1 Å². The van der Waals surface area contributed by atoms with Crippen LogP contribution in [0.15, 0.2) is 48.7 Å². The van der Waals surface area contributed by atoms with Gasteiger partial charge in [-0.15, -0.1) is 0 Å². The topological polar surface area (TPSA) is 82.5 Å². The van der Waals surface area contributed by atoms with Crippen LogP contribution >= 0.6 is 0 Å². The number of anilines is 1. The van der Waals surface area contributed by atoms with Crippen LogP contribution in [0.3, 0.4) is 0 Å². The standard InChI is InChI=1S/C26H30N4O3/c1-18-8-12-28(13-9-18)25-7-6-20(30(32)33)16-22(25)26(31)29-14-10-19(11-15-29)23-17-27-24-5-3-2-4-21(23)24/h2-7,16-19,27H,8-15H2,1H3. The minimum Gasteiger partial charge on any atom is -0.371 e. The third kappa shape index (κ3) is 4.19. The number of H-pyrrole nitrogens is 1. The first kappa shape index (κ1) is 21.5. The van der Waals surface area contributed by atoms with Crippen molar-refractivity contribution in [1.29, 1.82) is 0 Å². The Morgan fingerprint density at radius 1 is 1.03 bits per heavy atom. The van der Waals surface area contributed by atoms with Crippen LogP contribution in [-0.4, -0.2) is 46.9 Å².